The highest BCUT2D eigenvalue weighted by molar-refractivity contribution is 5.97. The third-order valence-corrected chi connectivity index (χ3v) is 2.56. The average molecular weight is 204 g/mol. The third kappa shape index (κ3) is 1.83. The lowest BCUT2D eigenvalue weighted by molar-refractivity contribution is 0.0651. The van der Waals surface area contributed by atoms with Gasteiger partial charge in [-0.05, 0) is 30.7 Å². The average Bonchev–Trinajstić information content (AvgIpc) is 2.15. The van der Waals surface area contributed by atoms with E-state index in [1.165, 1.54) is 0 Å². The highest BCUT2D eigenvalue weighted by Crippen LogP contribution is 2.13. The van der Waals surface area contributed by atoms with Crippen LogP contribution in [0.2, 0.25) is 0 Å². The molecule has 1 aliphatic rings. The SMILES string of the molecule is NC(=O)c1ccc(C(=O)N2CCC2)cc1. The van der Waals surface area contributed by atoms with Gasteiger partial charge in [-0.1, -0.05) is 0 Å². The fourth-order valence-corrected chi connectivity index (χ4v) is 1.48. The van der Waals surface area contributed by atoms with Crippen molar-refractivity contribution in [3.05, 3.63) is 35.4 Å². The van der Waals surface area contributed by atoms with Crippen LogP contribution in [0.15, 0.2) is 24.3 Å². The first-order valence-electron chi connectivity index (χ1n) is 4.87. The largest absolute Gasteiger partial charge is 0.366 e. The maximum absolute atomic E-state index is 11.7. The number of carbonyl (C=O) groups excluding carboxylic acids is 2. The molecule has 1 aliphatic heterocycles. The van der Waals surface area contributed by atoms with Gasteiger partial charge in [0.25, 0.3) is 5.91 Å². The van der Waals surface area contributed by atoms with Gasteiger partial charge in [-0.2, -0.15) is 0 Å². The molecule has 78 valence electrons. The Labute approximate surface area is 87.7 Å². The summed E-state index contributed by atoms with van der Waals surface area (Å²) >= 11 is 0. The highest BCUT2D eigenvalue weighted by Gasteiger charge is 2.21. The Balaban J connectivity index is 2.15. The van der Waals surface area contributed by atoms with Crippen LogP contribution >= 0.6 is 0 Å². The molecule has 1 aromatic carbocycles. The molecule has 2 rings (SSSR count). The van der Waals surface area contributed by atoms with Gasteiger partial charge in [0, 0.05) is 24.2 Å². The van der Waals surface area contributed by atoms with Crippen LogP contribution in [0, 0.1) is 0 Å². The molecule has 0 radical (unpaired) electrons. The Morgan fingerprint density at radius 2 is 1.60 bits per heavy atom. The van der Waals surface area contributed by atoms with E-state index in [-0.39, 0.29) is 5.91 Å². The molecule has 0 bridgehead atoms. The summed E-state index contributed by atoms with van der Waals surface area (Å²) < 4.78 is 0. The normalized spacial score (nSPS) is 14.5. The van der Waals surface area contributed by atoms with Crippen molar-refractivity contribution in [2.75, 3.05) is 13.1 Å². The Bertz CT molecular complexity index is 394. The number of benzene rings is 1. The molecule has 0 aromatic heterocycles. The number of primary amides is 1. The molecule has 1 heterocycles. The van der Waals surface area contributed by atoms with Crippen LogP contribution < -0.4 is 5.73 Å². The molecular weight excluding hydrogens is 192 g/mol. The van der Waals surface area contributed by atoms with Gasteiger partial charge in [-0.15, -0.1) is 0 Å². The lowest BCUT2D eigenvalue weighted by Gasteiger charge is -2.30. The molecule has 1 saturated heterocycles. The zero-order valence-corrected chi connectivity index (χ0v) is 8.27. The lowest BCUT2D eigenvalue weighted by atomic mass is 10.1. The molecule has 0 unspecified atom stereocenters. The summed E-state index contributed by atoms with van der Waals surface area (Å²) in [6.07, 6.45) is 1.07. The van der Waals surface area contributed by atoms with Crippen LogP contribution in [-0.4, -0.2) is 29.8 Å². The molecule has 4 heteroatoms. The molecule has 0 saturated carbocycles. The second kappa shape index (κ2) is 3.73. The van der Waals surface area contributed by atoms with Crippen molar-refractivity contribution in [1.29, 1.82) is 0 Å². The van der Waals surface area contributed by atoms with Crippen molar-refractivity contribution < 1.29 is 9.59 Å². The zero-order chi connectivity index (χ0) is 10.8. The summed E-state index contributed by atoms with van der Waals surface area (Å²) in [4.78, 5) is 24.3. The van der Waals surface area contributed by atoms with Crippen molar-refractivity contribution in [3.63, 3.8) is 0 Å². The number of hydrogen-bond acceptors (Lipinski definition) is 2. The van der Waals surface area contributed by atoms with Crippen molar-refractivity contribution in [2.24, 2.45) is 5.73 Å². The van der Waals surface area contributed by atoms with Crippen molar-refractivity contribution in [3.8, 4) is 0 Å². The standard InChI is InChI=1S/C11H12N2O2/c12-10(14)8-2-4-9(5-3-8)11(15)13-6-1-7-13/h2-5H,1,6-7H2,(H2,12,14). The van der Waals surface area contributed by atoms with E-state index in [1.54, 1.807) is 29.2 Å². The Morgan fingerprint density at radius 3 is 2.00 bits per heavy atom. The van der Waals surface area contributed by atoms with E-state index in [2.05, 4.69) is 0 Å². The Kier molecular flexibility index (Phi) is 2.41. The van der Waals surface area contributed by atoms with Gasteiger partial charge in [0.15, 0.2) is 0 Å². The predicted octanol–water partition coefficient (Wildman–Crippen LogP) is 0.631. The summed E-state index contributed by atoms with van der Waals surface area (Å²) in [5.74, 6) is -0.449. The number of nitrogens with zero attached hydrogens (tertiary/aromatic N) is 1. The molecule has 1 fully saturated rings. The monoisotopic (exact) mass is 204 g/mol. The van der Waals surface area contributed by atoms with Crippen molar-refractivity contribution in [1.82, 2.24) is 4.90 Å². The number of rotatable bonds is 2. The van der Waals surface area contributed by atoms with E-state index >= 15 is 0 Å². The van der Waals surface area contributed by atoms with E-state index in [0.29, 0.717) is 11.1 Å². The summed E-state index contributed by atoms with van der Waals surface area (Å²) in [5.41, 5.74) is 6.14. The van der Waals surface area contributed by atoms with Gasteiger partial charge in [-0.3, -0.25) is 9.59 Å². The maximum atomic E-state index is 11.7. The summed E-state index contributed by atoms with van der Waals surface area (Å²) in [6, 6.07) is 6.44. The predicted molar refractivity (Wildman–Crippen MR) is 55.5 cm³/mol. The smallest absolute Gasteiger partial charge is 0.253 e. The van der Waals surface area contributed by atoms with Crippen molar-refractivity contribution >= 4 is 11.8 Å². The van der Waals surface area contributed by atoms with Gasteiger partial charge in [0.2, 0.25) is 5.91 Å². The minimum absolute atomic E-state index is 0.0253. The van der Waals surface area contributed by atoms with Gasteiger partial charge in [0.1, 0.15) is 0 Å². The van der Waals surface area contributed by atoms with Gasteiger partial charge in [0.05, 0.1) is 0 Å². The second-order valence-corrected chi connectivity index (χ2v) is 3.59. The van der Waals surface area contributed by atoms with E-state index in [1.807, 2.05) is 0 Å². The number of amides is 2. The molecule has 1 aromatic rings. The van der Waals surface area contributed by atoms with Crippen molar-refractivity contribution in [2.45, 2.75) is 6.42 Å². The molecule has 0 atom stereocenters. The quantitative estimate of drug-likeness (QED) is 0.768. The first-order chi connectivity index (χ1) is 7.18. The van der Waals surface area contributed by atoms with E-state index < -0.39 is 5.91 Å². The molecule has 0 aliphatic carbocycles. The minimum atomic E-state index is -0.474. The van der Waals surface area contributed by atoms with Crippen LogP contribution in [0.3, 0.4) is 0 Å². The highest BCUT2D eigenvalue weighted by atomic mass is 16.2. The first kappa shape index (κ1) is 9.71. The number of carbonyl (C=O) groups is 2. The molecule has 2 N–H and O–H groups in total. The van der Waals surface area contributed by atoms with E-state index in [0.717, 1.165) is 19.5 Å². The van der Waals surface area contributed by atoms with Crippen LogP contribution in [0.25, 0.3) is 0 Å². The fraction of sp³-hybridized carbons (Fsp3) is 0.273. The molecule has 4 nitrogen and oxygen atoms in total. The zero-order valence-electron chi connectivity index (χ0n) is 8.27. The first-order valence-corrected chi connectivity index (χ1v) is 4.87. The van der Waals surface area contributed by atoms with E-state index in [4.69, 9.17) is 5.73 Å². The third-order valence-electron chi connectivity index (χ3n) is 2.56. The van der Waals surface area contributed by atoms with Gasteiger partial charge < -0.3 is 10.6 Å². The summed E-state index contributed by atoms with van der Waals surface area (Å²) in [5, 5.41) is 0. The van der Waals surface area contributed by atoms with Crippen LogP contribution in [0.5, 0.6) is 0 Å². The lowest BCUT2D eigenvalue weighted by Crippen LogP contribution is -2.42. The maximum Gasteiger partial charge on any atom is 0.253 e. The topological polar surface area (TPSA) is 63.4 Å². The van der Waals surface area contributed by atoms with Crippen LogP contribution in [-0.2, 0) is 0 Å². The minimum Gasteiger partial charge on any atom is -0.366 e. The Morgan fingerprint density at radius 1 is 1.07 bits per heavy atom. The molecule has 15 heavy (non-hydrogen) atoms. The number of likely N-dealkylation sites (tertiary alicyclic amines) is 1. The second-order valence-electron chi connectivity index (χ2n) is 3.59. The molecule has 2 amide bonds. The summed E-state index contributed by atoms with van der Waals surface area (Å²) in [7, 11) is 0. The molecular formula is C11H12N2O2. The number of nitrogens with two attached hydrogens (primary N) is 1. The Hall–Kier alpha value is -1.84. The fourth-order valence-electron chi connectivity index (χ4n) is 1.48. The number of hydrogen-bond donors (Lipinski definition) is 1. The van der Waals surface area contributed by atoms with E-state index in [9.17, 15) is 9.59 Å². The molecule has 0 spiro atoms. The van der Waals surface area contributed by atoms with Gasteiger partial charge >= 0.3 is 0 Å². The van der Waals surface area contributed by atoms with Crippen LogP contribution in [0.4, 0.5) is 0 Å². The van der Waals surface area contributed by atoms with Crippen LogP contribution in [0.1, 0.15) is 27.1 Å². The summed E-state index contributed by atoms with van der Waals surface area (Å²) in [6.45, 7) is 1.66. The van der Waals surface area contributed by atoms with Gasteiger partial charge in [-0.25, -0.2) is 0 Å².